The van der Waals surface area contributed by atoms with Crippen LogP contribution in [0.5, 0.6) is 0 Å². The van der Waals surface area contributed by atoms with E-state index in [4.69, 9.17) is 0 Å². The van der Waals surface area contributed by atoms with Crippen molar-refractivity contribution in [2.45, 2.75) is 18.6 Å². The molecule has 26 heavy (non-hydrogen) atoms. The van der Waals surface area contributed by atoms with Crippen LogP contribution in [0.1, 0.15) is 17.7 Å². The Morgan fingerprint density at radius 3 is 2.73 bits per heavy atom. The summed E-state index contributed by atoms with van der Waals surface area (Å²) in [6.45, 7) is 2.48. The molecule has 1 aromatic heterocycles. The van der Waals surface area contributed by atoms with Crippen LogP contribution in [-0.4, -0.2) is 47.6 Å². The molecule has 0 saturated carbocycles. The Morgan fingerprint density at radius 1 is 1.23 bits per heavy atom. The number of aromatic nitrogens is 2. The van der Waals surface area contributed by atoms with Crippen LogP contribution in [0.3, 0.4) is 0 Å². The molecule has 0 bridgehead atoms. The first-order chi connectivity index (χ1) is 12.4. The molecule has 2 aromatic rings. The summed E-state index contributed by atoms with van der Waals surface area (Å²) in [7, 11) is 1.75. The van der Waals surface area contributed by atoms with E-state index in [0.29, 0.717) is 0 Å². The number of halogens is 3. The van der Waals surface area contributed by atoms with Crippen molar-refractivity contribution in [3.8, 4) is 0 Å². The lowest BCUT2D eigenvalue weighted by molar-refractivity contribution is -0.141. The van der Waals surface area contributed by atoms with E-state index < -0.39 is 11.9 Å². The minimum atomic E-state index is -4.46. The van der Waals surface area contributed by atoms with Gasteiger partial charge in [0.25, 0.3) is 0 Å². The van der Waals surface area contributed by atoms with Crippen molar-refractivity contribution in [3.63, 3.8) is 0 Å². The van der Waals surface area contributed by atoms with E-state index in [1.54, 1.807) is 11.9 Å². The van der Waals surface area contributed by atoms with Gasteiger partial charge in [0.05, 0.1) is 0 Å². The van der Waals surface area contributed by atoms with Crippen LogP contribution >= 0.6 is 0 Å². The maximum atomic E-state index is 12.8. The fraction of sp³-hybridized carbons (Fsp3) is 0.368. The molecule has 1 unspecified atom stereocenters. The minimum Gasteiger partial charge on any atom is -0.340 e. The van der Waals surface area contributed by atoms with Gasteiger partial charge in [-0.1, -0.05) is 42.5 Å². The molecule has 0 spiro atoms. The zero-order valence-electron chi connectivity index (χ0n) is 14.5. The van der Waals surface area contributed by atoms with Gasteiger partial charge in [-0.15, -0.1) is 0 Å². The van der Waals surface area contributed by atoms with E-state index in [1.807, 2.05) is 30.3 Å². The summed E-state index contributed by atoms with van der Waals surface area (Å²) in [6.07, 6.45) is 1.76. The van der Waals surface area contributed by atoms with Crippen molar-refractivity contribution in [2.75, 3.05) is 31.6 Å². The third-order valence-electron chi connectivity index (χ3n) is 4.52. The molecular formula is C19H21F3N4. The molecular weight excluding hydrogens is 341 g/mol. The number of nitrogens with zero attached hydrogens (tertiary/aromatic N) is 4. The smallest absolute Gasteiger partial charge is 0.340 e. The first-order valence-electron chi connectivity index (χ1n) is 8.50. The maximum absolute atomic E-state index is 12.8. The van der Waals surface area contributed by atoms with Crippen LogP contribution in [0.25, 0.3) is 6.08 Å². The Morgan fingerprint density at radius 2 is 2.00 bits per heavy atom. The van der Waals surface area contributed by atoms with E-state index >= 15 is 0 Å². The molecule has 1 aliphatic heterocycles. The average Bonchev–Trinajstić information content (AvgIpc) is 3.10. The number of likely N-dealkylation sites (tertiary alicyclic amines) is 1. The lowest BCUT2D eigenvalue weighted by Crippen LogP contribution is -2.36. The summed E-state index contributed by atoms with van der Waals surface area (Å²) >= 11 is 0. The maximum Gasteiger partial charge on any atom is 0.433 e. The van der Waals surface area contributed by atoms with E-state index in [-0.39, 0.29) is 12.0 Å². The zero-order chi connectivity index (χ0) is 18.6. The predicted molar refractivity (Wildman–Crippen MR) is 95.8 cm³/mol. The van der Waals surface area contributed by atoms with Crippen LogP contribution in [0.2, 0.25) is 0 Å². The molecule has 7 heteroatoms. The standard InChI is InChI=1S/C19H21F3N4/c1-25(18-23-11-9-17(24-18)19(20,21)22)16-10-13-26(14-16)12-5-8-15-6-3-2-4-7-15/h2-9,11,16H,10,12-14H2,1H3/b8-5+. The van der Waals surface area contributed by atoms with Crippen molar-refractivity contribution in [1.29, 1.82) is 0 Å². The van der Waals surface area contributed by atoms with Crippen LogP contribution in [0, 0.1) is 0 Å². The highest BCUT2D eigenvalue weighted by molar-refractivity contribution is 5.48. The molecule has 1 aliphatic rings. The molecule has 4 nitrogen and oxygen atoms in total. The Bertz CT molecular complexity index is 746. The molecule has 138 valence electrons. The van der Waals surface area contributed by atoms with Crippen LogP contribution in [0.4, 0.5) is 19.1 Å². The van der Waals surface area contributed by atoms with Gasteiger partial charge in [0.15, 0.2) is 0 Å². The second-order valence-corrected chi connectivity index (χ2v) is 6.37. The number of alkyl halides is 3. The molecule has 0 radical (unpaired) electrons. The normalized spacial score (nSPS) is 18.5. The van der Waals surface area contributed by atoms with Gasteiger partial charge in [-0.2, -0.15) is 13.2 Å². The zero-order valence-corrected chi connectivity index (χ0v) is 14.5. The fourth-order valence-electron chi connectivity index (χ4n) is 3.04. The van der Waals surface area contributed by atoms with Gasteiger partial charge >= 0.3 is 6.18 Å². The second kappa shape index (κ2) is 7.86. The van der Waals surface area contributed by atoms with Gasteiger partial charge in [-0.3, -0.25) is 4.90 Å². The third-order valence-corrected chi connectivity index (χ3v) is 4.52. The van der Waals surface area contributed by atoms with E-state index in [2.05, 4.69) is 27.0 Å². The van der Waals surface area contributed by atoms with E-state index in [1.165, 1.54) is 0 Å². The largest absolute Gasteiger partial charge is 0.433 e. The molecule has 2 heterocycles. The predicted octanol–water partition coefficient (Wildman–Crippen LogP) is 3.72. The van der Waals surface area contributed by atoms with Gasteiger partial charge in [0, 0.05) is 38.9 Å². The molecule has 1 aromatic carbocycles. The van der Waals surface area contributed by atoms with Crippen molar-refractivity contribution in [2.24, 2.45) is 0 Å². The second-order valence-electron chi connectivity index (χ2n) is 6.37. The number of anilines is 1. The van der Waals surface area contributed by atoms with Gasteiger partial charge in [0.1, 0.15) is 5.69 Å². The molecule has 1 saturated heterocycles. The third kappa shape index (κ3) is 4.60. The Hall–Kier alpha value is -2.41. The van der Waals surface area contributed by atoms with E-state index in [0.717, 1.165) is 43.9 Å². The highest BCUT2D eigenvalue weighted by Crippen LogP contribution is 2.28. The summed E-state index contributed by atoms with van der Waals surface area (Å²) in [4.78, 5) is 11.7. The first kappa shape index (κ1) is 18.4. The van der Waals surface area contributed by atoms with Crippen molar-refractivity contribution < 1.29 is 13.2 Å². The van der Waals surface area contributed by atoms with Crippen LogP contribution in [0.15, 0.2) is 48.7 Å². The highest BCUT2D eigenvalue weighted by atomic mass is 19.4. The Balaban J connectivity index is 1.57. The highest BCUT2D eigenvalue weighted by Gasteiger charge is 2.34. The number of hydrogen-bond acceptors (Lipinski definition) is 4. The summed E-state index contributed by atoms with van der Waals surface area (Å²) in [6, 6.07) is 11.1. The number of likely N-dealkylation sites (N-methyl/N-ethyl adjacent to an activating group) is 1. The summed E-state index contributed by atoms with van der Waals surface area (Å²) in [5, 5.41) is 0. The quantitative estimate of drug-likeness (QED) is 0.812. The van der Waals surface area contributed by atoms with E-state index in [9.17, 15) is 13.2 Å². The molecule has 0 amide bonds. The lowest BCUT2D eigenvalue weighted by atomic mass is 10.2. The summed E-state index contributed by atoms with van der Waals surface area (Å²) in [5.41, 5.74) is 0.243. The Labute approximate surface area is 151 Å². The monoisotopic (exact) mass is 362 g/mol. The molecule has 3 rings (SSSR count). The van der Waals surface area contributed by atoms with Crippen molar-refractivity contribution in [3.05, 3.63) is 59.9 Å². The van der Waals surface area contributed by atoms with Gasteiger partial charge in [-0.05, 0) is 18.1 Å². The molecule has 0 aliphatic carbocycles. The summed E-state index contributed by atoms with van der Waals surface area (Å²) < 4.78 is 38.5. The minimum absolute atomic E-state index is 0.101. The molecule has 1 atom stereocenters. The molecule has 1 fully saturated rings. The first-order valence-corrected chi connectivity index (χ1v) is 8.50. The number of hydrogen-bond donors (Lipinski definition) is 0. The van der Waals surface area contributed by atoms with Crippen LogP contribution < -0.4 is 4.90 Å². The SMILES string of the molecule is CN(c1nccc(C(F)(F)F)n1)C1CCN(C/C=C/c2ccccc2)C1. The van der Waals surface area contributed by atoms with Gasteiger partial charge in [-0.25, -0.2) is 9.97 Å². The average molecular weight is 362 g/mol. The van der Waals surface area contributed by atoms with Gasteiger partial charge < -0.3 is 4.90 Å². The lowest BCUT2D eigenvalue weighted by Gasteiger charge is -2.25. The summed E-state index contributed by atoms with van der Waals surface area (Å²) in [5.74, 6) is 0.117. The van der Waals surface area contributed by atoms with Gasteiger partial charge in [0.2, 0.25) is 5.95 Å². The van der Waals surface area contributed by atoms with Crippen molar-refractivity contribution in [1.82, 2.24) is 14.9 Å². The topological polar surface area (TPSA) is 32.3 Å². The molecule has 0 N–H and O–H groups in total. The fourth-order valence-corrected chi connectivity index (χ4v) is 3.04. The van der Waals surface area contributed by atoms with Crippen LogP contribution in [-0.2, 0) is 6.18 Å². The number of benzene rings is 1. The van der Waals surface area contributed by atoms with Crippen molar-refractivity contribution >= 4 is 12.0 Å². The number of rotatable bonds is 5. The Kier molecular flexibility index (Phi) is 5.56.